The van der Waals surface area contributed by atoms with Crippen molar-refractivity contribution < 1.29 is 9.26 Å². The average molecular weight is 246 g/mol. The number of hydrogen-bond acceptors (Lipinski definition) is 4. The Labute approximate surface area is 107 Å². The van der Waals surface area contributed by atoms with E-state index in [1.165, 1.54) is 5.56 Å². The molecule has 0 spiro atoms. The third-order valence-electron chi connectivity index (χ3n) is 2.53. The zero-order valence-electron chi connectivity index (χ0n) is 10.8. The Balaban J connectivity index is 1.88. The van der Waals surface area contributed by atoms with Gasteiger partial charge >= 0.3 is 0 Å². The maximum Gasteiger partial charge on any atom is 0.174 e. The van der Waals surface area contributed by atoms with Gasteiger partial charge in [0.2, 0.25) is 0 Å². The molecule has 0 aliphatic heterocycles. The van der Waals surface area contributed by atoms with Gasteiger partial charge in [-0.25, -0.2) is 0 Å². The molecule has 0 saturated carbocycles. The van der Waals surface area contributed by atoms with E-state index in [0.717, 1.165) is 30.3 Å². The maximum atomic E-state index is 5.64. The third kappa shape index (κ3) is 3.60. The van der Waals surface area contributed by atoms with Crippen molar-refractivity contribution in [2.45, 2.75) is 27.0 Å². The zero-order valence-corrected chi connectivity index (χ0v) is 10.8. The van der Waals surface area contributed by atoms with Gasteiger partial charge in [0, 0.05) is 12.6 Å². The van der Waals surface area contributed by atoms with E-state index in [9.17, 15) is 0 Å². The first-order valence-electron chi connectivity index (χ1n) is 6.12. The number of aromatic nitrogens is 1. The van der Waals surface area contributed by atoms with Crippen molar-refractivity contribution in [1.82, 2.24) is 10.5 Å². The molecule has 18 heavy (non-hydrogen) atoms. The van der Waals surface area contributed by atoms with Crippen molar-refractivity contribution in [3.8, 4) is 5.75 Å². The third-order valence-corrected chi connectivity index (χ3v) is 2.53. The van der Waals surface area contributed by atoms with Crippen molar-refractivity contribution in [2.75, 3.05) is 6.54 Å². The molecule has 1 heterocycles. The molecule has 0 aliphatic rings. The summed E-state index contributed by atoms with van der Waals surface area (Å²) >= 11 is 0. The fourth-order valence-corrected chi connectivity index (χ4v) is 1.62. The lowest BCUT2D eigenvalue weighted by Gasteiger charge is -2.03. The molecule has 1 aromatic heterocycles. The van der Waals surface area contributed by atoms with Crippen molar-refractivity contribution in [2.24, 2.45) is 0 Å². The molecule has 0 radical (unpaired) electrons. The first kappa shape index (κ1) is 12.6. The number of rotatable bonds is 6. The Morgan fingerprint density at radius 2 is 2.22 bits per heavy atom. The van der Waals surface area contributed by atoms with Crippen LogP contribution in [0.2, 0.25) is 0 Å². The lowest BCUT2D eigenvalue weighted by molar-refractivity contribution is 0.248. The van der Waals surface area contributed by atoms with Crippen molar-refractivity contribution >= 4 is 0 Å². The van der Waals surface area contributed by atoms with Crippen LogP contribution in [-0.4, -0.2) is 11.7 Å². The van der Waals surface area contributed by atoms with Gasteiger partial charge in [-0.2, -0.15) is 0 Å². The summed E-state index contributed by atoms with van der Waals surface area (Å²) < 4.78 is 10.8. The van der Waals surface area contributed by atoms with E-state index < -0.39 is 0 Å². The van der Waals surface area contributed by atoms with Crippen LogP contribution in [0.5, 0.6) is 5.75 Å². The Morgan fingerprint density at radius 3 is 3.00 bits per heavy atom. The van der Waals surface area contributed by atoms with Gasteiger partial charge in [0.05, 0.1) is 5.69 Å². The van der Waals surface area contributed by atoms with E-state index >= 15 is 0 Å². The van der Waals surface area contributed by atoms with Crippen LogP contribution < -0.4 is 10.1 Å². The van der Waals surface area contributed by atoms with Crippen LogP contribution in [0.1, 0.15) is 23.9 Å². The fraction of sp³-hybridized carbons (Fsp3) is 0.357. The molecule has 2 rings (SSSR count). The molecular weight excluding hydrogens is 228 g/mol. The normalized spacial score (nSPS) is 10.6. The lowest BCUT2D eigenvalue weighted by Crippen LogP contribution is -2.11. The summed E-state index contributed by atoms with van der Waals surface area (Å²) in [5, 5.41) is 7.16. The largest absolute Gasteiger partial charge is 0.486 e. The molecule has 0 fully saturated rings. The highest BCUT2D eigenvalue weighted by molar-refractivity contribution is 5.27. The van der Waals surface area contributed by atoms with Gasteiger partial charge in [0.1, 0.15) is 12.4 Å². The van der Waals surface area contributed by atoms with Crippen LogP contribution in [0.3, 0.4) is 0 Å². The first-order valence-corrected chi connectivity index (χ1v) is 6.12. The minimum absolute atomic E-state index is 0.405. The average Bonchev–Trinajstić information content (AvgIpc) is 2.82. The van der Waals surface area contributed by atoms with Gasteiger partial charge in [-0.15, -0.1) is 0 Å². The van der Waals surface area contributed by atoms with E-state index in [0.29, 0.717) is 6.61 Å². The van der Waals surface area contributed by atoms with E-state index in [1.54, 1.807) is 0 Å². The molecule has 4 nitrogen and oxygen atoms in total. The molecule has 96 valence electrons. The van der Waals surface area contributed by atoms with Crippen LogP contribution in [0.25, 0.3) is 0 Å². The maximum absolute atomic E-state index is 5.64. The molecule has 0 amide bonds. The SMILES string of the molecule is CCNCc1cc(COc2cccc(C)c2)on1. The second-order valence-electron chi connectivity index (χ2n) is 4.17. The van der Waals surface area contributed by atoms with Gasteiger partial charge in [-0.3, -0.25) is 0 Å². The summed E-state index contributed by atoms with van der Waals surface area (Å²) in [7, 11) is 0. The molecule has 0 aliphatic carbocycles. The van der Waals surface area contributed by atoms with Gasteiger partial charge in [-0.05, 0) is 31.2 Å². The Morgan fingerprint density at radius 1 is 1.33 bits per heavy atom. The van der Waals surface area contributed by atoms with Gasteiger partial charge in [0.25, 0.3) is 0 Å². The van der Waals surface area contributed by atoms with E-state index in [2.05, 4.69) is 17.4 Å². The van der Waals surface area contributed by atoms with Gasteiger partial charge in [-0.1, -0.05) is 24.2 Å². The van der Waals surface area contributed by atoms with Crippen molar-refractivity contribution in [1.29, 1.82) is 0 Å². The molecule has 2 aromatic rings. The highest BCUT2D eigenvalue weighted by atomic mass is 16.5. The second-order valence-corrected chi connectivity index (χ2v) is 4.17. The van der Waals surface area contributed by atoms with E-state index in [4.69, 9.17) is 9.26 Å². The summed E-state index contributed by atoms with van der Waals surface area (Å²) in [6.07, 6.45) is 0. The summed E-state index contributed by atoms with van der Waals surface area (Å²) in [5.41, 5.74) is 2.08. The number of nitrogens with one attached hydrogen (secondary N) is 1. The first-order chi connectivity index (χ1) is 8.78. The van der Waals surface area contributed by atoms with Crippen LogP contribution in [0, 0.1) is 6.92 Å². The lowest BCUT2D eigenvalue weighted by atomic mass is 10.2. The molecule has 4 heteroatoms. The monoisotopic (exact) mass is 246 g/mol. The summed E-state index contributed by atoms with van der Waals surface area (Å²) in [4.78, 5) is 0. The fourth-order valence-electron chi connectivity index (χ4n) is 1.62. The van der Waals surface area contributed by atoms with Gasteiger partial charge < -0.3 is 14.6 Å². The molecule has 0 bridgehead atoms. The molecule has 0 atom stereocenters. The number of ether oxygens (including phenoxy) is 1. The number of benzene rings is 1. The second kappa shape index (κ2) is 6.21. The van der Waals surface area contributed by atoms with E-state index in [1.807, 2.05) is 37.3 Å². The van der Waals surface area contributed by atoms with Crippen molar-refractivity contribution in [3.63, 3.8) is 0 Å². The summed E-state index contributed by atoms with van der Waals surface area (Å²) in [5.74, 6) is 1.59. The summed E-state index contributed by atoms with van der Waals surface area (Å²) in [6, 6.07) is 9.86. The van der Waals surface area contributed by atoms with Gasteiger partial charge in [0.15, 0.2) is 5.76 Å². The van der Waals surface area contributed by atoms with Crippen LogP contribution in [-0.2, 0) is 13.2 Å². The predicted octanol–water partition coefficient (Wildman–Crippen LogP) is 2.67. The topological polar surface area (TPSA) is 47.3 Å². The Hall–Kier alpha value is -1.81. The Kier molecular flexibility index (Phi) is 4.36. The molecule has 0 saturated heterocycles. The molecule has 1 N–H and O–H groups in total. The predicted molar refractivity (Wildman–Crippen MR) is 69.4 cm³/mol. The highest BCUT2D eigenvalue weighted by Crippen LogP contribution is 2.14. The standard InChI is InChI=1S/C14H18N2O2/c1-3-15-9-12-8-14(18-16-12)10-17-13-6-4-5-11(2)7-13/h4-8,15H,3,9-10H2,1-2H3. The number of aryl methyl sites for hydroxylation is 1. The number of hydrogen-bond donors (Lipinski definition) is 1. The van der Waals surface area contributed by atoms with E-state index in [-0.39, 0.29) is 0 Å². The molecule has 1 aromatic carbocycles. The molecular formula is C14H18N2O2. The zero-order chi connectivity index (χ0) is 12.8. The van der Waals surface area contributed by atoms with Crippen LogP contribution in [0.4, 0.5) is 0 Å². The minimum Gasteiger partial charge on any atom is -0.486 e. The quantitative estimate of drug-likeness (QED) is 0.851. The smallest absolute Gasteiger partial charge is 0.174 e. The number of nitrogens with zero attached hydrogens (tertiary/aromatic N) is 1. The molecule has 0 unspecified atom stereocenters. The summed E-state index contributed by atoms with van der Waals surface area (Å²) in [6.45, 7) is 6.15. The van der Waals surface area contributed by atoms with Crippen LogP contribution in [0.15, 0.2) is 34.9 Å². The highest BCUT2D eigenvalue weighted by Gasteiger charge is 2.04. The minimum atomic E-state index is 0.405. The van der Waals surface area contributed by atoms with Crippen LogP contribution >= 0.6 is 0 Å². The van der Waals surface area contributed by atoms with Crippen molar-refractivity contribution in [3.05, 3.63) is 47.3 Å². The Bertz CT molecular complexity index is 494.